The smallest absolute Gasteiger partial charge is 0.102 e. The van der Waals surface area contributed by atoms with Crippen LogP contribution in [0, 0.1) is 25.2 Å². The van der Waals surface area contributed by atoms with Crippen LogP contribution in [0.3, 0.4) is 0 Å². The molecule has 0 nitrogen and oxygen atoms in total. The average molecular weight is 188 g/mol. The van der Waals surface area contributed by atoms with Gasteiger partial charge in [0, 0.05) is 0 Å². The zero-order valence-electron chi connectivity index (χ0n) is 5.67. The van der Waals surface area contributed by atoms with E-state index in [4.69, 9.17) is 0 Å². The molecule has 0 radical (unpaired) electrons. The molecule has 0 aliphatic rings. The van der Waals surface area contributed by atoms with Crippen molar-refractivity contribution in [2.45, 2.75) is 14.9 Å². The van der Waals surface area contributed by atoms with E-state index in [1.54, 1.807) is 0 Å². The fraction of sp³-hybridized carbons (Fsp3) is 0.500. The van der Waals surface area contributed by atoms with Gasteiger partial charge in [-0.3, -0.25) is 8.78 Å². The van der Waals surface area contributed by atoms with Crippen molar-refractivity contribution in [2.75, 3.05) is 14.4 Å². The molecule has 0 aliphatic heterocycles. The molecule has 12 heavy (non-hydrogen) atoms. The van der Waals surface area contributed by atoms with Crippen molar-refractivity contribution in [3.05, 3.63) is 0 Å². The predicted molar refractivity (Wildman–Crippen MR) is 47.4 cm³/mol. The maximum absolute atomic E-state index is 9.82. The third-order valence-corrected chi connectivity index (χ3v) is 0. The molecule has 0 bridgehead atoms. The Morgan fingerprint density at radius 3 is 0.750 bits per heavy atom. The lowest BCUT2D eigenvalue weighted by molar-refractivity contribution is 0.635. The molecule has 0 unspecified atom stereocenters. The van der Waals surface area contributed by atoms with Gasteiger partial charge in [-0.05, 0) is 0 Å². The molecule has 0 saturated carbocycles. The molecule has 0 aromatic carbocycles. The van der Waals surface area contributed by atoms with Gasteiger partial charge in [0.15, 0.2) is 0 Å². The van der Waals surface area contributed by atoms with E-state index in [1.807, 2.05) is 0 Å². The topological polar surface area (TPSA) is 0 Å². The number of hydrogen-bond acceptors (Lipinski definition) is 0. The van der Waals surface area contributed by atoms with Crippen LogP contribution in [0.1, 0.15) is 14.9 Å². The molecular weight excluding hydrogens is 172 g/mol. The number of hydrogen-bond donors (Lipinski definition) is 0. The average Bonchev–Trinajstić information content (AvgIpc) is 1.99. The quantitative estimate of drug-likeness (QED) is 0.403. The van der Waals surface area contributed by atoms with Crippen LogP contribution in [0.4, 0.5) is 17.6 Å². The van der Waals surface area contributed by atoms with Crippen molar-refractivity contribution in [3.8, 4) is 25.2 Å². The minimum Gasteiger partial charge on any atom is -0.255 e. The van der Waals surface area contributed by atoms with Gasteiger partial charge >= 0.3 is 0 Å². The maximum atomic E-state index is 9.82. The van der Waals surface area contributed by atoms with E-state index in [9.17, 15) is 17.6 Å². The molecule has 0 aromatic rings. The lowest BCUT2D eigenvalue weighted by Crippen LogP contribution is -1.02. The van der Waals surface area contributed by atoms with Crippen molar-refractivity contribution in [1.29, 1.82) is 0 Å². The fourth-order valence-corrected chi connectivity index (χ4v) is 0. The summed E-state index contributed by atoms with van der Waals surface area (Å²) in [6.45, 7) is 0. The molecule has 0 aromatic heterocycles. The Morgan fingerprint density at radius 1 is 0.750 bits per heavy atom. The van der Waals surface area contributed by atoms with Crippen LogP contribution in [-0.4, -0.2) is 14.4 Å². The minimum atomic E-state index is 0. The molecule has 0 spiro atoms. The Kier molecular flexibility index (Phi) is 4070. The summed E-state index contributed by atoms with van der Waals surface area (Å²) in [5, 5.41) is 0. The van der Waals surface area contributed by atoms with Gasteiger partial charge in [-0.15, -0.1) is 8.78 Å². The zero-order valence-corrected chi connectivity index (χ0v) is 5.67. The van der Waals surface area contributed by atoms with Crippen molar-refractivity contribution in [1.82, 2.24) is 0 Å². The molecule has 0 fully saturated rings. The predicted octanol–water partition coefficient (Wildman–Crippen LogP) is 3.54. The Morgan fingerprint density at radius 2 is 0.750 bits per heavy atom. The number of rotatable bonds is 0. The van der Waals surface area contributed by atoms with Crippen LogP contribution < -0.4 is 0 Å². The second kappa shape index (κ2) is 1090. The Balaban J connectivity index is -0.00000000967. The third-order valence-electron chi connectivity index (χ3n) is 0. The summed E-state index contributed by atoms with van der Waals surface area (Å²) < 4.78 is 38.6. The van der Waals surface area contributed by atoms with Gasteiger partial charge in [0.05, 0.1) is 14.4 Å². The van der Waals surface area contributed by atoms with Gasteiger partial charge in [0.1, 0.15) is 12.3 Å². The van der Waals surface area contributed by atoms with Gasteiger partial charge in [0.2, 0.25) is 0 Å². The van der Waals surface area contributed by atoms with Crippen LogP contribution in [0.15, 0.2) is 0 Å². The van der Waals surface area contributed by atoms with Crippen molar-refractivity contribution >= 4 is 0 Å². The number of alkyl halides is 2. The van der Waals surface area contributed by atoms with E-state index in [1.165, 1.54) is 0 Å². The first-order valence-corrected chi connectivity index (χ1v) is 1.71. The molecule has 0 amide bonds. The normalized spacial score (nSPS) is 2.33. The molecule has 76 valence electrons. The summed E-state index contributed by atoms with van der Waals surface area (Å²) in [7, 11) is 1.00. The van der Waals surface area contributed by atoms with E-state index in [2.05, 4.69) is 12.8 Å². The highest BCUT2D eigenvalue weighted by atomic mass is 19.1. The second-order valence-corrected chi connectivity index (χ2v) is 0.218. The molecular formula is C8H16F4. The third kappa shape index (κ3) is 404. The minimum absolute atomic E-state index is 0. The highest BCUT2D eigenvalue weighted by Crippen LogP contribution is 1.34. The van der Waals surface area contributed by atoms with Crippen LogP contribution in [0.2, 0.25) is 0 Å². The summed E-state index contributed by atoms with van der Waals surface area (Å²) in [4.78, 5) is 0. The van der Waals surface area contributed by atoms with Crippen molar-refractivity contribution in [2.24, 2.45) is 0 Å². The van der Waals surface area contributed by atoms with E-state index < -0.39 is 0 Å². The van der Waals surface area contributed by atoms with E-state index in [0.29, 0.717) is 14.4 Å². The Hall–Kier alpha value is -1.16. The summed E-state index contributed by atoms with van der Waals surface area (Å²) in [5.41, 5.74) is 0. The van der Waals surface area contributed by atoms with Crippen LogP contribution in [-0.2, 0) is 0 Å². The zero-order chi connectivity index (χ0) is 9.41. The van der Waals surface area contributed by atoms with Crippen molar-refractivity contribution < 1.29 is 17.6 Å². The summed E-state index contributed by atoms with van der Waals surface area (Å²) in [6.07, 6.45) is 9.36. The number of terminal acetylenes is 2. The standard InChI is InChI=1S/2C2HF.2CH3F.2CH4/c2*1-2-3;2*1-2;;/h2*1H;2*1H3;2*1H4. The summed E-state index contributed by atoms with van der Waals surface area (Å²) >= 11 is 0. The van der Waals surface area contributed by atoms with Gasteiger partial charge in [-0.1, -0.05) is 27.7 Å². The first-order chi connectivity index (χ1) is 4.83. The SMILES string of the molecule is C.C.C#CF.C#CF.CF.CF. The van der Waals surface area contributed by atoms with Gasteiger partial charge in [-0.2, -0.15) is 0 Å². The lowest BCUT2D eigenvalue weighted by atomic mass is 11.4. The maximum Gasteiger partial charge on any atom is 0.102 e. The molecule has 0 atom stereocenters. The highest BCUT2D eigenvalue weighted by Gasteiger charge is 1.15. The Bertz CT molecular complexity index is 66.0. The van der Waals surface area contributed by atoms with Gasteiger partial charge < -0.3 is 0 Å². The van der Waals surface area contributed by atoms with E-state index in [0.717, 1.165) is 12.3 Å². The first-order valence-electron chi connectivity index (χ1n) is 1.71. The van der Waals surface area contributed by atoms with E-state index in [-0.39, 0.29) is 14.9 Å². The molecule has 0 rings (SSSR count). The monoisotopic (exact) mass is 188 g/mol. The van der Waals surface area contributed by atoms with Crippen LogP contribution in [0.5, 0.6) is 0 Å². The molecule has 4 heteroatoms. The lowest BCUT2D eigenvalue weighted by Gasteiger charge is -1.17. The van der Waals surface area contributed by atoms with Crippen LogP contribution in [0.25, 0.3) is 0 Å². The summed E-state index contributed by atoms with van der Waals surface area (Å²) in [6, 6.07) is 0. The molecule has 0 N–H and O–H groups in total. The number of halogens is 4. The van der Waals surface area contributed by atoms with Crippen molar-refractivity contribution in [3.63, 3.8) is 0 Å². The molecule has 0 saturated heterocycles. The first kappa shape index (κ1) is 44.8. The Labute approximate surface area is 73.0 Å². The molecule has 0 heterocycles. The van der Waals surface area contributed by atoms with Gasteiger partial charge in [-0.25, -0.2) is 0 Å². The van der Waals surface area contributed by atoms with E-state index >= 15 is 0 Å². The largest absolute Gasteiger partial charge is 0.255 e. The van der Waals surface area contributed by atoms with Crippen LogP contribution >= 0.6 is 0 Å². The second-order valence-electron chi connectivity index (χ2n) is 0.218. The fourth-order valence-electron chi connectivity index (χ4n) is 0. The summed E-state index contributed by atoms with van der Waals surface area (Å²) in [5.74, 6) is 0. The van der Waals surface area contributed by atoms with Gasteiger partial charge in [0.25, 0.3) is 0 Å². The highest BCUT2D eigenvalue weighted by molar-refractivity contribution is 4.63. The molecule has 0 aliphatic carbocycles.